The molecule has 0 aliphatic rings. The van der Waals surface area contributed by atoms with Crippen molar-refractivity contribution >= 4 is 0 Å². The highest BCUT2D eigenvalue weighted by Crippen LogP contribution is 2.24. The number of rotatable bonds is 13. The van der Waals surface area contributed by atoms with Gasteiger partial charge in [-0.1, -0.05) is 78.1 Å². The smallest absolute Gasteiger partial charge is 0.147 e. The lowest BCUT2D eigenvalue weighted by Gasteiger charge is -2.18. The van der Waals surface area contributed by atoms with Crippen LogP contribution in [0.25, 0.3) is 0 Å². The van der Waals surface area contributed by atoms with Gasteiger partial charge in [0.2, 0.25) is 0 Å². The molecule has 0 unspecified atom stereocenters. The van der Waals surface area contributed by atoms with Crippen LogP contribution >= 0.6 is 0 Å². The van der Waals surface area contributed by atoms with Gasteiger partial charge in [-0.15, -0.1) is 0 Å². The lowest BCUT2D eigenvalue weighted by Crippen LogP contribution is -2.13. The first kappa shape index (κ1) is 19.2. The average Bonchev–Trinajstić information content (AvgIpc) is 2.83. The number of unbranched alkanes of at least 4 members (excludes halogenated alkanes) is 8. The van der Waals surface area contributed by atoms with Crippen molar-refractivity contribution in [3.05, 3.63) is 11.6 Å². The van der Waals surface area contributed by atoms with Crippen molar-refractivity contribution in [1.29, 1.82) is 0 Å². The Hall–Kier alpha value is -0.860. The molecule has 0 saturated heterocycles. The van der Waals surface area contributed by atoms with E-state index in [0.29, 0.717) is 6.04 Å². The van der Waals surface area contributed by atoms with Crippen LogP contribution in [0.1, 0.15) is 109 Å². The van der Waals surface area contributed by atoms with Crippen LogP contribution in [0.15, 0.2) is 0 Å². The molecule has 0 atom stereocenters. The van der Waals surface area contributed by atoms with E-state index in [1.807, 2.05) is 6.92 Å². The first-order chi connectivity index (χ1) is 10.7. The fraction of sp³-hybridized carbons (Fsp3) is 0.895. The van der Waals surface area contributed by atoms with Crippen molar-refractivity contribution < 1.29 is 0 Å². The van der Waals surface area contributed by atoms with E-state index in [1.165, 1.54) is 77.0 Å². The van der Waals surface area contributed by atoms with Crippen molar-refractivity contribution in [2.24, 2.45) is 0 Å². The Morgan fingerprint density at radius 3 is 1.68 bits per heavy atom. The molecule has 0 saturated carbocycles. The van der Waals surface area contributed by atoms with Crippen molar-refractivity contribution in [1.82, 2.24) is 14.8 Å². The van der Waals surface area contributed by atoms with Crippen LogP contribution in [0, 0.1) is 13.8 Å². The van der Waals surface area contributed by atoms with Crippen LogP contribution in [0.4, 0.5) is 0 Å². The minimum atomic E-state index is 0.560. The highest BCUT2D eigenvalue weighted by molar-refractivity contribution is 4.90. The van der Waals surface area contributed by atoms with Crippen molar-refractivity contribution in [3.8, 4) is 0 Å². The van der Waals surface area contributed by atoms with Gasteiger partial charge >= 0.3 is 0 Å². The summed E-state index contributed by atoms with van der Waals surface area (Å²) >= 11 is 0. The Balaban J connectivity index is 2.44. The molecule has 0 amide bonds. The van der Waals surface area contributed by atoms with Crippen LogP contribution < -0.4 is 0 Å². The molecule has 0 aliphatic heterocycles. The van der Waals surface area contributed by atoms with Gasteiger partial charge in [-0.3, -0.25) is 0 Å². The van der Waals surface area contributed by atoms with Crippen LogP contribution in [0.5, 0.6) is 0 Å². The van der Waals surface area contributed by atoms with Crippen LogP contribution in [0.3, 0.4) is 0 Å². The van der Waals surface area contributed by atoms with E-state index in [-0.39, 0.29) is 0 Å². The topological polar surface area (TPSA) is 30.7 Å². The standard InChI is InChI=1S/C19H37N3/c1-5-7-9-11-13-15-19(16-14-12-10-8-6-2)22-18(4)20-17(3)21-22/h19H,5-16H2,1-4H3. The first-order valence-corrected chi connectivity index (χ1v) is 9.58. The Morgan fingerprint density at radius 2 is 1.27 bits per heavy atom. The highest BCUT2D eigenvalue weighted by Gasteiger charge is 2.15. The Morgan fingerprint density at radius 1 is 0.773 bits per heavy atom. The molecule has 1 heterocycles. The summed E-state index contributed by atoms with van der Waals surface area (Å²) < 4.78 is 2.20. The molecule has 0 spiro atoms. The summed E-state index contributed by atoms with van der Waals surface area (Å²) in [4.78, 5) is 4.50. The van der Waals surface area contributed by atoms with Gasteiger partial charge in [0.05, 0.1) is 6.04 Å². The van der Waals surface area contributed by atoms with Gasteiger partial charge in [0.25, 0.3) is 0 Å². The molecule has 22 heavy (non-hydrogen) atoms. The normalized spacial score (nSPS) is 11.5. The van der Waals surface area contributed by atoms with Gasteiger partial charge in [0, 0.05) is 0 Å². The quantitative estimate of drug-likeness (QED) is 0.409. The first-order valence-electron chi connectivity index (χ1n) is 9.58. The fourth-order valence-corrected chi connectivity index (χ4v) is 3.24. The van der Waals surface area contributed by atoms with Crippen LogP contribution in [-0.4, -0.2) is 14.8 Å². The molecular weight excluding hydrogens is 270 g/mol. The van der Waals surface area contributed by atoms with E-state index in [4.69, 9.17) is 0 Å². The molecule has 3 nitrogen and oxygen atoms in total. The maximum absolute atomic E-state index is 4.65. The van der Waals surface area contributed by atoms with Gasteiger partial charge in [0.15, 0.2) is 0 Å². The number of hydrogen-bond acceptors (Lipinski definition) is 2. The van der Waals surface area contributed by atoms with Gasteiger partial charge in [-0.2, -0.15) is 5.10 Å². The maximum Gasteiger partial charge on any atom is 0.147 e. The second-order valence-corrected chi connectivity index (χ2v) is 6.71. The third kappa shape index (κ3) is 7.42. The van der Waals surface area contributed by atoms with E-state index in [9.17, 15) is 0 Å². The lowest BCUT2D eigenvalue weighted by atomic mass is 10.0. The third-order valence-corrected chi connectivity index (χ3v) is 4.54. The second kappa shape index (κ2) is 11.7. The van der Waals surface area contributed by atoms with Crippen molar-refractivity contribution in [3.63, 3.8) is 0 Å². The molecule has 0 fully saturated rings. The summed E-state index contributed by atoms with van der Waals surface area (Å²) in [7, 11) is 0. The minimum absolute atomic E-state index is 0.560. The zero-order chi connectivity index (χ0) is 16.2. The van der Waals surface area contributed by atoms with Gasteiger partial charge in [0.1, 0.15) is 11.6 Å². The fourth-order valence-electron chi connectivity index (χ4n) is 3.24. The van der Waals surface area contributed by atoms with E-state index in [0.717, 1.165) is 11.6 Å². The monoisotopic (exact) mass is 307 g/mol. The molecule has 1 aromatic heterocycles. The summed E-state index contributed by atoms with van der Waals surface area (Å²) in [5.74, 6) is 2.00. The zero-order valence-corrected chi connectivity index (χ0v) is 15.4. The number of aryl methyl sites for hydroxylation is 2. The molecule has 1 aromatic rings. The Kier molecular flexibility index (Phi) is 10.2. The molecule has 3 heteroatoms. The summed E-state index contributed by atoms with van der Waals surface area (Å²) in [6, 6.07) is 0.560. The highest BCUT2D eigenvalue weighted by atomic mass is 15.4. The van der Waals surface area contributed by atoms with Gasteiger partial charge in [-0.05, 0) is 26.7 Å². The Labute approximate surface area is 137 Å². The average molecular weight is 308 g/mol. The summed E-state index contributed by atoms with van der Waals surface area (Å²) in [5, 5.41) is 4.65. The number of hydrogen-bond donors (Lipinski definition) is 0. The predicted molar refractivity (Wildman–Crippen MR) is 95.3 cm³/mol. The Bertz CT molecular complexity index is 370. The van der Waals surface area contributed by atoms with Crippen LogP contribution in [-0.2, 0) is 0 Å². The largest absolute Gasteiger partial charge is 0.247 e. The molecule has 0 bridgehead atoms. The SMILES string of the molecule is CCCCCCCC(CCCCCCC)n1nc(C)nc1C. The summed E-state index contributed by atoms with van der Waals surface area (Å²) in [6.07, 6.45) is 16.1. The summed E-state index contributed by atoms with van der Waals surface area (Å²) in [6.45, 7) is 8.66. The molecule has 0 N–H and O–H groups in total. The third-order valence-electron chi connectivity index (χ3n) is 4.54. The number of aromatic nitrogens is 3. The predicted octanol–water partition coefficient (Wildman–Crippen LogP) is 6.16. The van der Waals surface area contributed by atoms with E-state index in [2.05, 4.69) is 35.5 Å². The van der Waals surface area contributed by atoms with E-state index >= 15 is 0 Å². The molecular formula is C19H37N3. The van der Waals surface area contributed by atoms with Crippen molar-refractivity contribution in [2.75, 3.05) is 0 Å². The maximum atomic E-state index is 4.65. The lowest BCUT2D eigenvalue weighted by molar-refractivity contribution is 0.359. The molecule has 1 rings (SSSR count). The molecule has 0 radical (unpaired) electrons. The minimum Gasteiger partial charge on any atom is -0.247 e. The van der Waals surface area contributed by atoms with E-state index in [1.54, 1.807) is 0 Å². The zero-order valence-electron chi connectivity index (χ0n) is 15.4. The summed E-state index contributed by atoms with van der Waals surface area (Å²) in [5.41, 5.74) is 0. The van der Waals surface area contributed by atoms with Gasteiger partial charge < -0.3 is 0 Å². The van der Waals surface area contributed by atoms with Crippen molar-refractivity contribution in [2.45, 2.75) is 111 Å². The molecule has 0 aliphatic carbocycles. The molecule has 128 valence electrons. The molecule has 0 aromatic carbocycles. The van der Waals surface area contributed by atoms with E-state index < -0.39 is 0 Å². The number of nitrogens with zero attached hydrogens (tertiary/aromatic N) is 3. The van der Waals surface area contributed by atoms with Gasteiger partial charge in [-0.25, -0.2) is 9.67 Å². The second-order valence-electron chi connectivity index (χ2n) is 6.71. The van der Waals surface area contributed by atoms with Crippen LogP contribution in [0.2, 0.25) is 0 Å².